The van der Waals surface area contributed by atoms with Crippen molar-refractivity contribution in [3.63, 3.8) is 0 Å². The lowest BCUT2D eigenvalue weighted by atomic mass is 9.88. The SMILES string of the molecule is CC1=NCC2=C(CCc3ccc(S(=O)(=O)N(C)C)cc32)N1. The lowest BCUT2D eigenvalue weighted by Crippen LogP contribution is -2.29. The summed E-state index contributed by atoms with van der Waals surface area (Å²) in [6, 6.07) is 5.42. The predicted molar refractivity (Wildman–Crippen MR) is 83.7 cm³/mol. The maximum atomic E-state index is 12.3. The van der Waals surface area contributed by atoms with Crippen molar-refractivity contribution >= 4 is 21.4 Å². The van der Waals surface area contributed by atoms with Gasteiger partial charge in [-0.25, -0.2) is 12.7 Å². The first-order valence-electron chi connectivity index (χ1n) is 6.95. The third-order valence-electron chi connectivity index (χ3n) is 4.00. The normalized spacial score (nSPS) is 18.0. The molecule has 0 saturated carbocycles. The lowest BCUT2D eigenvalue weighted by molar-refractivity contribution is 0.520. The molecule has 0 atom stereocenters. The van der Waals surface area contributed by atoms with Crippen LogP contribution >= 0.6 is 0 Å². The molecule has 0 spiro atoms. The van der Waals surface area contributed by atoms with Crippen LogP contribution in [-0.4, -0.2) is 39.2 Å². The van der Waals surface area contributed by atoms with E-state index in [-0.39, 0.29) is 0 Å². The summed E-state index contributed by atoms with van der Waals surface area (Å²) >= 11 is 0. The van der Waals surface area contributed by atoms with Gasteiger partial charge in [-0.05, 0) is 43.0 Å². The molecule has 1 N–H and O–H groups in total. The van der Waals surface area contributed by atoms with Crippen molar-refractivity contribution in [2.24, 2.45) is 4.99 Å². The number of amidine groups is 1. The van der Waals surface area contributed by atoms with Crippen LogP contribution in [0.5, 0.6) is 0 Å². The first-order valence-corrected chi connectivity index (χ1v) is 8.39. The van der Waals surface area contributed by atoms with E-state index >= 15 is 0 Å². The van der Waals surface area contributed by atoms with Gasteiger partial charge in [0.1, 0.15) is 0 Å². The van der Waals surface area contributed by atoms with Crippen LogP contribution in [0.2, 0.25) is 0 Å². The van der Waals surface area contributed by atoms with Crippen LogP contribution in [0.25, 0.3) is 5.57 Å². The molecule has 1 aliphatic heterocycles. The standard InChI is InChI=1S/C15H19N3O2S/c1-10-16-9-14-13-8-12(21(19,20)18(2)3)6-4-11(13)5-7-15(14)17-10/h4,6,8H,5,7,9H2,1-3H3,(H,16,17). The molecule has 21 heavy (non-hydrogen) atoms. The molecular weight excluding hydrogens is 286 g/mol. The van der Waals surface area contributed by atoms with E-state index in [2.05, 4.69) is 10.3 Å². The van der Waals surface area contributed by atoms with E-state index in [0.717, 1.165) is 29.8 Å². The quantitative estimate of drug-likeness (QED) is 0.903. The van der Waals surface area contributed by atoms with Gasteiger partial charge in [0.05, 0.1) is 17.3 Å². The summed E-state index contributed by atoms with van der Waals surface area (Å²) < 4.78 is 25.8. The van der Waals surface area contributed by atoms with Gasteiger partial charge in [0.15, 0.2) is 0 Å². The molecule has 6 heteroatoms. The Hall–Kier alpha value is -1.66. The van der Waals surface area contributed by atoms with Gasteiger partial charge in [-0.15, -0.1) is 0 Å². The van der Waals surface area contributed by atoms with Crippen molar-refractivity contribution in [1.29, 1.82) is 0 Å². The number of nitrogens with one attached hydrogen (secondary N) is 1. The Labute approximate surface area is 125 Å². The highest BCUT2D eigenvalue weighted by Crippen LogP contribution is 2.33. The van der Waals surface area contributed by atoms with Gasteiger partial charge in [0.2, 0.25) is 10.0 Å². The fourth-order valence-electron chi connectivity index (χ4n) is 2.77. The van der Waals surface area contributed by atoms with Crippen LogP contribution in [0, 0.1) is 0 Å². The molecule has 0 radical (unpaired) electrons. The number of aliphatic imine (C=N–C) groups is 1. The number of hydrogen-bond acceptors (Lipinski definition) is 4. The average molecular weight is 305 g/mol. The molecule has 0 unspecified atom stereocenters. The van der Waals surface area contributed by atoms with Crippen molar-refractivity contribution in [2.75, 3.05) is 20.6 Å². The molecule has 3 rings (SSSR count). The van der Waals surface area contributed by atoms with E-state index < -0.39 is 10.0 Å². The molecule has 0 aromatic heterocycles. The highest BCUT2D eigenvalue weighted by molar-refractivity contribution is 7.89. The van der Waals surface area contributed by atoms with Gasteiger partial charge in [-0.2, -0.15) is 0 Å². The molecule has 0 amide bonds. The zero-order valence-electron chi connectivity index (χ0n) is 12.5. The molecule has 1 heterocycles. The summed E-state index contributed by atoms with van der Waals surface area (Å²) in [6.07, 6.45) is 1.88. The smallest absolute Gasteiger partial charge is 0.242 e. The fraction of sp³-hybridized carbons (Fsp3) is 0.400. The number of fused-ring (bicyclic) bond motifs is 2. The maximum Gasteiger partial charge on any atom is 0.242 e. The predicted octanol–water partition coefficient (Wildman–Crippen LogP) is 1.62. The molecule has 0 saturated heterocycles. The molecule has 112 valence electrons. The van der Waals surface area contributed by atoms with Crippen LogP contribution in [0.1, 0.15) is 24.5 Å². The second-order valence-electron chi connectivity index (χ2n) is 5.59. The number of rotatable bonds is 2. The number of aryl methyl sites for hydroxylation is 1. The van der Waals surface area contributed by atoms with E-state index in [1.54, 1.807) is 26.2 Å². The van der Waals surface area contributed by atoms with Crippen LogP contribution in [0.3, 0.4) is 0 Å². The highest BCUT2D eigenvalue weighted by atomic mass is 32.2. The van der Waals surface area contributed by atoms with Crippen LogP contribution in [-0.2, 0) is 16.4 Å². The molecule has 1 aliphatic carbocycles. The Morgan fingerprint density at radius 3 is 2.71 bits per heavy atom. The van der Waals surface area contributed by atoms with Gasteiger partial charge >= 0.3 is 0 Å². The third-order valence-corrected chi connectivity index (χ3v) is 5.81. The van der Waals surface area contributed by atoms with Crippen molar-refractivity contribution in [1.82, 2.24) is 9.62 Å². The zero-order chi connectivity index (χ0) is 15.2. The van der Waals surface area contributed by atoms with Crippen molar-refractivity contribution in [3.05, 3.63) is 35.0 Å². The number of sulfonamides is 1. The average Bonchev–Trinajstić information content (AvgIpc) is 2.45. The van der Waals surface area contributed by atoms with E-state index in [1.807, 2.05) is 13.0 Å². The second-order valence-corrected chi connectivity index (χ2v) is 7.74. The van der Waals surface area contributed by atoms with E-state index in [9.17, 15) is 8.42 Å². The zero-order valence-corrected chi connectivity index (χ0v) is 13.3. The van der Waals surface area contributed by atoms with Gasteiger partial charge < -0.3 is 5.32 Å². The highest BCUT2D eigenvalue weighted by Gasteiger charge is 2.25. The molecule has 2 aliphatic rings. The fourth-order valence-corrected chi connectivity index (χ4v) is 3.70. The largest absolute Gasteiger partial charge is 0.347 e. The van der Waals surface area contributed by atoms with Crippen molar-refractivity contribution < 1.29 is 8.42 Å². The summed E-state index contributed by atoms with van der Waals surface area (Å²) in [6.45, 7) is 2.57. The van der Waals surface area contributed by atoms with Crippen molar-refractivity contribution in [2.45, 2.75) is 24.7 Å². The first kappa shape index (κ1) is 14.3. The summed E-state index contributed by atoms with van der Waals surface area (Å²) in [5, 5.41) is 3.31. The van der Waals surface area contributed by atoms with Gasteiger partial charge in [0, 0.05) is 25.4 Å². The number of nitrogens with zero attached hydrogens (tertiary/aromatic N) is 2. The van der Waals surface area contributed by atoms with Crippen LogP contribution in [0.15, 0.2) is 33.8 Å². The maximum absolute atomic E-state index is 12.3. The van der Waals surface area contributed by atoms with Gasteiger partial charge in [-0.1, -0.05) is 6.07 Å². The van der Waals surface area contributed by atoms with Gasteiger partial charge in [0.25, 0.3) is 0 Å². The second kappa shape index (κ2) is 4.96. The summed E-state index contributed by atoms with van der Waals surface area (Å²) in [5.41, 5.74) is 4.51. The molecule has 1 aromatic rings. The molecule has 0 fully saturated rings. The first-order chi connectivity index (χ1) is 9.89. The van der Waals surface area contributed by atoms with E-state index in [4.69, 9.17) is 0 Å². The third kappa shape index (κ3) is 2.38. The number of hydrogen-bond donors (Lipinski definition) is 1. The minimum Gasteiger partial charge on any atom is -0.347 e. The van der Waals surface area contributed by atoms with Crippen LogP contribution < -0.4 is 5.32 Å². The number of benzene rings is 1. The Bertz CT molecular complexity index is 761. The van der Waals surface area contributed by atoms with E-state index in [1.165, 1.54) is 15.6 Å². The number of allylic oxidation sites excluding steroid dienone is 1. The lowest BCUT2D eigenvalue weighted by Gasteiger charge is -2.27. The van der Waals surface area contributed by atoms with Crippen molar-refractivity contribution in [3.8, 4) is 0 Å². The van der Waals surface area contributed by atoms with Crippen LogP contribution in [0.4, 0.5) is 0 Å². The Morgan fingerprint density at radius 1 is 1.24 bits per heavy atom. The molecule has 0 bridgehead atoms. The monoisotopic (exact) mass is 305 g/mol. The summed E-state index contributed by atoms with van der Waals surface area (Å²) in [5.74, 6) is 0.925. The molecule has 5 nitrogen and oxygen atoms in total. The summed E-state index contributed by atoms with van der Waals surface area (Å²) in [7, 11) is -0.303. The van der Waals surface area contributed by atoms with E-state index in [0.29, 0.717) is 11.4 Å². The van der Waals surface area contributed by atoms with Gasteiger partial charge in [-0.3, -0.25) is 4.99 Å². The topological polar surface area (TPSA) is 61.8 Å². The molecular formula is C15H19N3O2S. The Morgan fingerprint density at radius 2 is 2.00 bits per heavy atom. The Kier molecular flexibility index (Phi) is 3.37. The summed E-state index contributed by atoms with van der Waals surface area (Å²) in [4.78, 5) is 4.77. The Balaban J connectivity index is 2.10. The minimum absolute atomic E-state index is 0.339. The minimum atomic E-state index is -3.40. The molecule has 1 aromatic carbocycles.